The molecule has 2 atom stereocenters. The molecule has 5 nitrogen and oxygen atoms in total. The first-order chi connectivity index (χ1) is 7.19. The first-order valence-corrected chi connectivity index (χ1v) is 5.18. The molecule has 5 heteroatoms. The quantitative estimate of drug-likeness (QED) is 0.664. The zero-order valence-corrected chi connectivity index (χ0v) is 9.16. The summed E-state index contributed by atoms with van der Waals surface area (Å²) in [6.07, 6.45) is 4.23. The highest BCUT2D eigenvalue weighted by Gasteiger charge is 2.17. The Morgan fingerprint density at radius 3 is 2.93 bits per heavy atom. The maximum Gasteiger partial charge on any atom is 0.224 e. The number of aromatic nitrogens is 2. The van der Waals surface area contributed by atoms with E-state index < -0.39 is 0 Å². The molecule has 0 aliphatic rings. The zero-order valence-electron chi connectivity index (χ0n) is 9.16. The van der Waals surface area contributed by atoms with Crippen LogP contribution in [-0.4, -0.2) is 22.4 Å². The van der Waals surface area contributed by atoms with Crippen LogP contribution in [0.1, 0.15) is 32.1 Å². The number of rotatable bonds is 5. The maximum atomic E-state index is 11.6. The summed E-state index contributed by atoms with van der Waals surface area (Å²) in [4.78, 5) is 18.7. The van der Waals surface area contributed by atoms with E-state index in [1.807, 2.05) is 13.8 Å². The number of nitrogens with two attached hydrogens (primary N) is 1. The van der Waals surface area contributed by atoms with Crippen molar-refractivity contribution in [3.63, 3.8) is 0 Å². The van der Waals surface area contributed by atoms with Crippen LogP contribution in [0.2, 0.25) is 0 Å². The summed E-state index contributed by atoms with van der Waals surface area (Å²) in [5.41, 5.74) is 5.42. The van der Waals surface area contributed by atoms with Gasteiger partial charge >= 0.3 is 0 Å². The summed E-state index contributed by atoms with van der Waals surface area (Å²) in [6.45, 7) is 4.17. The molecule has 0 spiro atoms. The van der Waals surface area contributed by atoms with Gasteiger partial charge in [-0.1, -0.05) is 13.8 Å². The fraction of sp³-hybridized carbons (Fsp3) is 0.600. The number of nitrogens with one attached hydrogen (secondary N) is 2. The van der Waals surface area contributed by atoms with Crippen molar-refractivity contribution < 1.29 is 4.79 Å². The van der Waals surface area contributed by atoms with Crippen LogP contribution in [0.3, 0.4) is 0 Å². The van der Waals surface area contributed by atoms with Gasteiger partial charge in [0.15, 0.2) is 0 Å². The monoisotopic (exact) mass is 210 g/mol. The van der Waals surface area contributed by atoms with Crippen LogP contribution in [0.4, 0.5) is 0 Å². The van der Waals surface area contributed by atoms with Gasteiger partial charge in [-0.2, -0.15) is 0 Å². The molecule has 0 aliphatic heterocycles. The fourth-order valence-corrected chi connectivity index (χ4v) is 1.25. The van der Waals surface area contributed by atoms with Crippen molar-refractivity contribution in [1.29, 1.82) is 0 Å². The summed E-state index contributed by atoms with van der Waals surface area (Å²) in [5, 5.41) is 2.91. The summed E-state index contributed by atoms with van der Waals surface area (Å²) in [5.74, 6) is 0.602. The highest BCUT2D eigenvalue weighted by molar-refractivity contribution is 5.78. The van der Waals surface area contributed by atoms with Crippen molar-refractivity contribution >= 4 is 5.91 Å². The molecule has 2 unspecified atom stereocenters. The zero-order chi connectivity index (χ0) is 11.3. The van der Waals surface area contributed by atoms with E-state index in [9.17, 15) is 4.79 Å². The molecule has 0 bridgehead atoms. The van der Waals surface area contributed by atoms with E-state index in [1.165, 1.54) is 0 Å². The number of imidazole rings is 1. The number of carbonyl (C=O) groups is 1. The van der Waals surface area contributed by atoms with Gasteiger partial charge in [-0.15, -0.1) is 0 Å². The molecule has 4 N–H and O–H groups in total. The number of hydrogen-bond donors (Lipinski definition) is 3. The molecule has 15 heavy (non-hydrogen) atoms. The largest absolute Gasteiger partial charge is 0.347 e. The number of nitrogens with zero attached hydrogens (tertiary/aromatic N) is 1. The lowest BCUT2D eigenvalue weighted by molar-refractivity contribution is -0.125. The Morgan fingerprint density at radius 1 is 1.73 bits per heavy atom. The van der Waals surface area contributed by atoms with Gasteiger partial charge in [-0.05, 0) is 6.42 Å². The third kappa shape index (κ3) is 3.06. The second-order valence-corrected chi connectivity index (χ2v) is 3.58. The predicted molar refractivity (Wildman–Crippen MR) is 58.0 cm³/mol. The van der Waals surface area contributed by atoms with Crippen LogP contribution < -0.4 is 11.1 Å². The van der Waals surface area contributed by atoms with Gasteiger partial charge in [0.25, 0.3) is 0 Å². The van der Waals surface area contributed by atoms with Crippen molar-refractivity contribution in [3.05, 3.63) is 18.2 Å². The molecule has 1 aromatic rings. The second kappa shape index (κ2) is 5.50. The molecular weight excluding hydrogens is 192 g/mol. The SMILES string of the molecule is CCC(NC(=O)C(C)CN)c1ncc[nH]1. The Bertz CT molecular complexity index is 296. The molecule has 1 amide bonds. The Labute approximate surface area is 89.5 Å². The van der Waals surface area contributed by atoms with Crippen molar-refractivity contribution in [2.24, 2.45) is 11.7 Å². The summed E-state index contributed by atoms with van der Waals surface area (Å²) in [6, 6.07) is -0.0542. The van der Waals surface area contributed by atoms with Gasteiger partial charge in [0, 0.05) is 24.9 Å². The van der Waals surface area contributed by atoms with Gasteiger partial charge in [-0.25, -0.2) is 4.98 Å². The van der Waals surface area contributed by atoms with E-state index >= 15 is 0 Å². The Kier molecular flexibility index (Phi) is 4.30. The van der Waals surface area contributed by atoms with Crippen molar-refractivity contribution in [2.75, 3.05) is 6.54 Å². The molecule has 0 radical (unpaired) electrons. The normalized spacial score (nSPS) is 14.6. The number of carbonyl (C=O) groups excluding carboxylic acids is 1. The van der Waals surface area contributed by atoms with Crippen molar-refractivity contribution in [1.82, 2.24) is 15.3 Å². The van der Waals surface area contributed by atoms with Crippen LogP contribution in [0.15, 0.2) is 12.4 Å². The molecule has 0 saturated carbocycles. The van der Waals surface area contributed by atoms with Crippen LogP contribution in [0.25, 0.3) is 0 Å². The fourth-order valence-electron chi connectivity index (χ4n) is 1.25. The van der Waals surface area contributed by atoms with E-state index in [0.29, 0.717) is 6.54 Å². The first kappa shape index (κ1) is 11.7. The van der Waals surface area contributed by atoms with Gasteiger partial charge in [0.2, 0.25) is 5.91 Å². The van der Waals surface area contributed by atoms with E-state index in [-0.39, 0.29) is 17.9 Å². The topological polar surface area (TPSA) is 83.8 Å². The van der Waals surface area contributed by atoms with Crippen LogP contribution in [0, 0.1) is 5.92 Å². The summed E-state index contributed by atoms with van der Waals surface area (Å²) in [7, 11) is 0. The molecule has 1 aromatic heterocycles. The lowest BCUT2D eigenvalue weighted by atomic mass is 10.1. The average molecular weight is 210 g/mol. The molecule has 0 aromatic carbocycles. The molecule has 0 saturated heterocycles. The average Bonchev–Trinajstić information content (AvgIpc) is 2.77. The highest BCUT2D eigenvalue weighted by atomic mass is 16.1. The minimum atomic E-state index is -0.158. The lowest BCUT2D eigenvalue weighted by Gasteiger charge is -2.17. The molecule has 1 heterocycles. The number of amides is 1. The van der Waals surface area contributed by atoms with Crippen molar-refractivity contribution in [3.8, 4) is 0 Å². The lowest BCUT2D eigenvalue weighted by Crippen LogP contribution is -2.36. The first-order valence-electron chi connectivity index (χ1n) is 5.18. The van der Waals surface area contributed by atoms with E-state index in [4.69, 9.17) is 5.73 Å². The van der Waals surface area contributed by atoms with E-state index in [2.05, 4.69) is 15.3 Å². The van der Waals surface area contributed by atoms with Gasteiger partial charge in [0.05, 0.1) is 6.04 Å². The van der Waals surface area contributed by atoms with Crippen LogP contribution in [-0.2, 0) is 4.79 Å². The molecule has 0 aliphatic carbocycles. The molecule has 0 fully saturated rings. The minimum Gasteiger partial charge on any atom is -0.347 e. The highest BCUT2D eigenvalue weighted by Crippen LogP contribution is 2.11. The Hall–Kier alpha value is -1.36. The Morgan fingerprint density at radius 2 is 2.47 bits per heavy atom. The third-order valence-corrected chi connectivity index (χ3v) is 2.38. The Balaban J connectivity index is 2.58. The van der Waals surface area contributed by atoms with Gasteiger partial charge in [0.1, 0.15) is 5.82 Å². The molecule has 1 rings (SSSR count). The number of H-pyrrole nitrogens is 1. The van der Waals surface area contributed by atoms with E-state index in [1.54, 1.807) is 12.4 Å². The summed E-state index contributed by atoms with van der Waals surface area (Å²) >= 11 is 0. The smallest absolute Gasteiger partial charge is 0.224 e. The maximum absolute atomic E-state index is 11.6. The predicted octanol–water partition coefficient (Wildman–Crippen LogP) is 0.572. The third-order valence-electron chi connectivity index (χ3n) is 2.38. The van der Waals surface area contributed by atoms with Crippen LogP contribution in [0.5, 0.6) is 0 Å². The van der Waals surface area contributed by atoms with Crippen molar-refractivity contribution in [2.45, 2.75) is 26.3 Å². The van der Waals surface area contributed by atoms with Crippen LogP contribution >= 0.6 is 0 Å². The number of aromatic amines is 1. The van der Waals surface area contributed by atoms with E-state index in [0.717, 1.165) is 12.2 Å². The van der Waals surface area contributed by atoms with Gasteiger partial charge < -0.3 is 16.0 Å². The molecular formula is C10H18N4O. The summed E-state index contributed by atoms with van der Waals surface area (Å²) < 4.78 is 0. The number of hydrogen-bond acceptors (Lipinski definition) is 3. The second-order valence-electron chi connectivity index (χ2n) is 3.58. The van der Waals surface area contributed by atoms with Gasteiger partial charge in [-0.3, -0.25) is 4.79 Å². The standard InChI is InChI=1S/C10H18N4O/c1-3-8(9-12-4-5-13-9)14-10(15)7(2)6-11/h4-5,7-8H,3,6,11H2,1-2H3,(H,12,13)(H,14,15). The molecule has 84 valence electrons. The minimum absolute atomic E-state index is 0.0271.